The van der Waals surface area contributed by atoms with Gasteiger partial charge in [-0.25, -0.2) is 4.68 Å². The molecule has 1 amide bonds. The molecule has 0 atom stereocenters. The van der Waals surface area contributed by atoms with Crippen LogP contribution in [0, 0.1) is 6.92 Å². The number of benzene rings is 1. The molecule has 0 bridgehead atoms. The fourth-order valence-electron chi connectivity index (χ4n) is 3.87. The van der Waals surface area contributed by atoms with E-state index in [0.29, 0.717) is 17.1 Å². The van der Waals surface area contributed by atoms with Gasteiger partial charge in [-0.15, -0.1) is 0 Å². The molecule has 29 heavy (non-hydrogen) atoms. The summed E-state index contributed by atoms with van der Waals surface area (Å²) in [4.78, 5) is 15.2. The van der Waals surface area contributed by atoms with Crippen LogP contribution in [0.15, 0.2) is 30.5 Å². The predicted octanol–water partition coefficient (Wildman–Crippen LogP) is 2.28. The van der Waals surface area contributed by atoms with Crippen LogP contribution in [-0.4, -0.2) is 65.1 Å². The number of carbonyl (C=O) groups is 1. The van der Waals surface area contributed by atoms with Gasteiger partial charge in [-0.05, 0) is 31.2 Å². The summed E-state index contributed by atoms with van der Waals surface area (Å²) in [6, 6.07) is 8.07. The molecule has 154 valence electrons. The Morgan fingerprint density at radius 1 is 1.24 bits per heavy atom. The van der Waals surface area contributed by atoms with Crippen LogP contribution in [0.2, 0.25) is 0 Å². The van der Waals surface area contributed by atoms with E-state index in [1.54, 1.807) is 25.8 Å². The minimum absolute atomic E-state index is 0.224. The topological polar surface area (TPSA) is 73.6 Å². The molecule has 1 fully saturated rings. The highest BCUT2D eigenvalue weighted by atomic mass is 16.5. The van der Waals surface area contributed by atoms with E-state index < -0.39 is 0 Å². The van der Waals surface area contributed by atoms with Crippen LogP contribution in [-0.2, 0) is 18.3 Å². The summed E-state index contributed by atoms with van der Waals surface area (Å²) in [5, 5.41) is 8.34. The normalized spacial score (nSPS) is 15.0. The van der Waals surface area contributed by atoms with Crippen LogP contribution < -0.4 is 10.1 Å². The van der Waals surface area contributed by atoms with Crippen LogP contribution in [0.1, 0.15) is 16.1 Å². The number of anilines is 1. The SMILES string of the molecule is COc1c(C(=O)Nc2ccc3c(ccn3CCN3CCOCC3)c2)c(C)nn1C. The third kappa shape index (κ3) is 3.99. The molecule has 8 nitrogen and oxygen atoms in total. The van der Waals surface area contributed by atoms with Crippen molar-refractivity contribution in [3.63, 3.8) is 0 Å². The van der Waals surface area contributed by atoms with Gasteiger partial charge in [0.1, 0.15) is 5.56 Å². The lowest BCUT2D eigenvalue weighted by Gasteiger charge is -2.26. The number of aromatic nitrogens is 3. The molecule has 1 aliphatic heterocycles. The molecule has 0 spiro atoms. The van der Waals surface area contributed by atoms with E-state index in [1.165, 1.54) is 0 Å². The number of carbonyl (C=O) groups excluding carboxylic acids is 1. The number of nitrogens with one attached hydrogen (secondary N) is 1. The Labute approximate surface area is 170 Å². The van der Waals surface area contributed by atoms with Gasteiger partial charge >= 0.3 is 0 Å². The smallest absolute Gasteiger partial charge is 0.263 e. The number of hydrogen-bond acceptors (Lipinski definition) is 5. The standard InChI is InChI=1S/C21H27N5O3/c1-15-19(21(28-3)24(2)23-15)20(27)22-17-4-5-18-16(14-17)6-7-26(18)9-8-25-10-12-29-13-11-25/h4-7,14H,8-13H2,1-3H3,(H,22,27). The highest BCUT2D eigenvalue weighted by Gasteiger charge is 2.21. The van der Waals surface area contributed by atoms with E-state index in [2.05, 4.69) is 38.2 Å². The van der Waals surface area contributed by atoms with Gasteiger partial charge in [-0.2, -0.15) is 5.10 Å². The van der Waals surface area contributed by atoms with Crippen molar-refractivity contribution in [2.45, 2.75) is 13.5 Å². The van der Waals surface area contributed by atoms with Crippen molar-refractivity contribution in [1.29, 1.82) is 0 Å². The summed E-state index contributed by atoms with van der Waals surface area (Å²) in [7, 11) is 3.30. The monoisotopic (exact) mass is 397 g/mol. The Balaban J connectivity index is 1.47. The van der Waals surface area contributed by atoms with Crippen molar-refractivity contribution in [2.75, 3.05) is 45.3 Å². The predicted molar refractivity (Wildman–Crippen MR) is 112 cm³/mol. The number of nitrogens with zero attached hydrogens (tertiary/aromatic N) is 4. The largest absolute Gasteiger partial charge is 0.481 e. The molecule has 1 N–H and O–H groups in total. The maximum absolute atomic E-state index is 12.8. The third-order valence-corrected chi connectivity index (χ3v) is 5.38. The fraction of sp³-hybridized carbons (Fsp3) is 0.429. The third-order valence-electron chi connectivity index (χ3n) is 5.38. The van der Waals surface area contributed by atoms with Crippen LogP contribution in [0.5, 0.6) is 5.88 Å². The van der Waals surface area contributed by atoms with E-state index in [-0.39, 0.29) is 5.91 Å². The molecular formula is C21H27N5O3. The van der Waals surface area contributed by atoms with E-state index in [0.717, 1.165) is 56.0 Å². The van der Waals surface area contributed by atoms with Crippen LogP contribution in [0.25, 0.3) is 10.9 Å². The van der Waals surface area contributed by atoms with E-state index in [9.17, 15) is 4.79 Å². The summed E-state index contributed by atoms with van der Waals surface area (Å²) < 4.78 is 14.6. The van der Waals surface area contributed by atoms with Gasteiger partial charge < -0.3 is 19.4 Å². The van der Waals surface area contributed by atoms with E-state index >= 15 is 0 Å². The van der Waals surface area contributed by atoms with E-state index in [1.807, 2.05) is 12.1 Å². The zero-order chi connectivity index (χ0) is 20.4. The van der Waals surface area contributed by atoms with Crippen molar-refractivity contribution < 1.29 is 14.3 Å². The van der Waals surface area contributed by atoms with Gasteiger partial charge in [-0.3, -0.25) is 9.69 Å². The molecule has 8 heteroatoms. The Hall–Kier alpha value is -2.84. The van der Waals surface area contributed by atoms with Crippen molar-refractivity contribution >= 4 is 22.5 Å². The Bertz CT molecular complexity index is 1020. The number of hydrogen-bond donors (Lipinski definition) is 1. The van der Waals surface area contributed by atoms with Crippen LogP contribution in [0.4, 0.5) is 5.69 Å². The summed E-state index contributed by atoms with van der Waals surface area (Å²) in [6.07, 6.45) is 2.10. The number of amides is 1. The first-order valence-corrected chi connectivity index (χ1v) is 9.85. The van der Waals surface area contributed by atoms with Gasteiger partial charge in [0.15, 0.2) is 0 Å². The Morgan fingerprint density at radius 2 is 2.03 bits per heavy atom. The summed E-state index contributed by atoms with van der Waals surface area (Å²) >= 11 is 0. The van der Waals surface area contributed by atoms with E-state index in [4.69, 9.17) is 9.47 Å². The van der Waals surface area contributed by atoms with Crippen molar-refractivity contribution in [3.05, 3.63) is 41.7 Å². The zero-order valence-corrected chi connectivity index (χ0v) is 17.1. The average Bonchev–Trinajstić information content (AvgIpc) is 3.25. The molecule has 0 aliphatic carbocycles. The Kier molecular flexibility index (Phi) is 5.55. The minimum Gasteiger partial charge on any atom is -0.481 e. The maximum Gasteiger partial charge on any atom is 0.263 e. The summed E-state index contributed by atoms with van der Waals surface area (Å²) in [6.45, 7) is 7.36. The fourth-order valence-corrected chi connectivity index (χ4v) is 3.87. The summed E-state index contributed by atoms with van der Waals surface area (Å²) in [5.74, 6) is 0.230. The number of methoxy groups -OCH3 is 1. The highest BCUT2D eigenvalue weighted by molar-refractivity contribution is 6.07. The van der Waals surface area contributed by atoms with Gasteiger partial charge in [0.05, 0.1) is 26.0 Å². The molecule has 0 saturated carbocycles. The molecule has 4 rings (SSSR count). The van der Waals surface area contributed by atoms with Crippen molar-refractivity contribution in [1.82, 2.24) is 19.2 Å². The molecule has 0 radical (unpaired) electrons. The molecule has 1 aliphatic rings. The number of rotatable bonds is 6. The lowest BCUT2D eigenvalue weighted by Crippen LogP contribution is -2.38. The van der Waals surface area contributed by atoms with Gasteiger partial charge in [0, 0.05) is 56.0 Å². The van der Waals surface area contributed by atoms with Crippen molar-refractivity contribution in [2.24, 2.45) is 7.05 Å². The molecule has 3 heterocycles. The molecular weight excluding hydrogens is 370 g/mol. The molecule has 1 aromatic carbocycles. The summed E-state index contributed by atoms with van der Waals surface area (Å²) in [5.41, 5.74) is 3.00. The van der Waals surface area contributed by atoms with Crippen LogP contribution in [0.3, 0.4) is 0 Å². The lowest BCUT2D eigenvalue weighted by molar-refractivity contribution is 0.0365. The minimum atomic E-state index is -0.224. The number of morpholine rings is 1. The quantitative estimate of drug-likeness (QED) is 0.691. The number of fused-ring (bicyclic) bond motifs is 1. The average molecular weight is 397 g/mol. The van der Waals surface area contributed by atoms with Crippen LogP contribution >= 0.6 is 0 Å². The number of ether oxygens (including phenoxy) is 2. The zero-order valence-electron chi connectivity index (χ0n) is 17.1. The first kappa shape index (κ1) is 19.5. The highest BCUT2D eigenvalue weighted by Crippen LogP contribution is 2.24. The van der Waals surface area contributed by atoms with Crippen molar-refractivity contribution in [3.8, 4) is 5.88 Å². The first-order chi connectivity index (χ1) is 14.1. The number of aryl methyl sites for hydroxylation is 2. The lowest BCUT2D eigenvalue weighted by atomic mass is 10.2. The second kappa shape index (κ2) is 8.26. The van der Waals surface area contributed by atoms with Gasteiger partial charge in [-0.1, -0.05) is 0 Å². The molecule has 3 aromatic rings. The second-order valence-corrected chi connectivity index (χ2v) is 7.28. The van der Waals surface area contributed by atoms with Gasteiger partial charge in [0.2, 0.25) is 5.88 Å². The molecule has 1 saturated heterocycles. The molecule has 2 aromatic heterocycles. The first-order valence-electron chi connectivity index (χ1n) is 9.85. The maximum atomic E-state index is 12.8. The van der Waals surface area contributed by atoms with Gasteiger partial charge in [0.25, 0.3) is 5.91 Å². The second-order valence-electron chi connectivity index (χ2n) is 7.28. The molecule has 0 unspecified atom stereocenters. The Morgan fingerprint density at radius 3 is 2.79 bits per heavy atom.